The number of nitrogens with two attached hydrogens (primary N) is 1. The SMILES string of the molecule is CN(CCCC(N)c1ccccc1)CC1CCC1. The highest BCUT2D eigenvalue weighted by Crippen LogP contribution is 2.26. The van der Waals surface area contributed by atoms with E-state index in [0.717, 1.165) is 12.3 Å². The Labute approximate surface area is 111 Å². The average molecular weight is 246 g/mol. The predicted octanol–water partition coefficient (Wildman–Crippen LogP) is 3.20. The van der Waals surface area contributed by atoms with Crippen LogP contribution in [0.1, 0.15) is 43.7 Å². The molecular weight excluding hydrogens is 220 g/mol. The van der Waals surface area contributed by atoms with E-state index in [1.165, 1.54) is 44.3 Å². The van der Waals surface area contributed by atoms with Gasteiger partial charge in [0.15, 0.2) is 0 Å². The lowest BCUT2D eigenvalue weighted by molar-refractivity contribution is 0.202. The summed E-state index contributed by atoms with van der Waals surface area (Å²) in [7, 11) is 2.24. The fourth-order valence-electron chi connectivity index (χ4n) is 2.66. The predicted molar refractivity (Wildman–Crippen MR) is 77.4 cm³/mol. The Kier molecular flexibility index (Phi) is 5.21. The van der Waals surface area contributed by atoms with E-state index in [-0.39, 0.29) is 6.04 Å². The van der Waals surface area contributed by atoms with Crippen molar-refractivity contribution in [2.75, 3.05) is 20.1 Å². The van der Waals surface area contributed by atoms with Crippen molar-refractivity contribution in [2.24, 2.45) is 11.7 Å². The average Bonchev–Trinajstić information content (AvgIpc) is 2.35. The second kappa shape index (κ2) is 6.91. The molecule has 0 aromatic heterocycles. The quantitative estimate of drug-likeness (QED) is 0.800. The zero-order valence-corrected chi connectivity index (χ0v) is 11.5. The Bertz CT molecular complexity index is 332. The van der Waals surface area contributed by atoms with Gasteiger partial charge in [-0.3, -0.25) is 0 Å². The van der Waals surface area contributed by atoms with Gasteiger partial charge in [0, 0.05) is 12.6 Å². The molecule has 18 heavy (non-hydrogen) atoms. The summed E-state index contributed by atoms with van der Waals surface area (Å²) in [6, 6.07) is 10.6. The van der Waals surface area contributed by atoms with Crippen LogP contribution in [-0.2, 0) is 0 Å². The van der Waals surface area contributed by atoms with Gasteiger partial charge in [0.2, 0.25) is 0 Å². The zero-order valence-electron chi connectivity index (χ0n) is 11.5. The highest BCUT2D eigenvalue weighted by atomic mass is 15.1. The Morgan fingerprint density at radius 2 is 2.00 bits per heavy atom. The van der Waals surface area contributed by atoms with Gasteiger partial charge in [0.05, 0.1) is 0 Å². The van der Waals surface area contributed by atoms with Crippen molar-refractivity contribution < 1.29 is 0 Å². The van der Waals surface area contributed by atoms with Crippen LogP contribution in [0.4, 0.5) is 0 Å². The Balaban J connectivity index is 1.62. The summed E-state index contributed by atoms with van der Waals surface area (Å²) in [5.74, 6) is 0.970. The summed E-state index contributed by atoms with van der Waals surface area (Å²) in [5, 5.41) is 0. The standard InChI is InChI=1S/C16H26N2/c1-18(13-14-7-5-8-14)12-6-11-16(17)15-9-3-2-4-10-15/h2-4,9-10,14,16H,5-8,11-13,17H2,1H3. The van der Waals surface area contributed by atoms with Crippen LogP contribution < -0.4 is 5.73 Å². The fraction of sp³-hybridized carbons (Fsp3) is 0.625. The molecule has 1 fully saturated rings. The monoisotopic (exact) mass is 246 g/mol. The topological polar surface area (TPSA) is 29.3 Å². The van der Waals surface area contributed by atoms with Gasteiger partial charge in [-0.25, -0.2) is 0 Å². The van der Waals surface area contributed by atoms with E-state index in [4.69, 9.17) is 5.73 Å². The van der Waals surface area contributed by atoms with Crippen LogP contribution in [0.25, 0.3) is 0 Å². The molecular formula is C16H26N2. The molecule has 0 aliphatic heterocycles. The third-order valence-corrected chi connectivity index (χ3v) is 4.08. The normalized spacial score (nSPS) is 17.7. The first-order valence-electron chi connectivity index (χ1n) is 7.25. The highest BCUT2D eigenvalue weighted by Gasteiger charge is 2.18. The largest absolute Gasteiger partial charge is 0.324 e. The lowest BCUT2D eigenvalue weighted by atomic mass is 9.85. The van der Waals surface area contributed by atoms with Gasteiger partial charge < -0.3 is 10.6 Å². The van der Waals surface area contributed by atoms with E-state index in [2.05, 4.69) is 36.2 Å². The van der Waals surface area contributed by atoms with E-state index in [1.807, 2.05) is 6.07 Å². The molecule has 100 valence electrons. The molecule has 1 aliphatic carbocycles. The van der Waals surface area contributed by atoms with Crippen molar-refractivity contribution in [3.8, 4) is 0 Å². The molecule has 0 bridgehead atoms. The number of benzene rings is 1. The smallest absolute Gasteiger partial charge is 0.0295 e. The van der Waals surface area contributed by atoms with Crippen LogP contribution in [0.2, 0.25) is 0 Å². The van der Waals surface area contributed by atoms with Gasteiger partial charge in [-0.15, -0.1) is 0 Å². The van der Waals surface area contributed by atoms with E-state index in [1.54, 1.807) is 0 Å². The van der Waals surface area contributed by atoms with Crippen LogP contribution in [-0.4, -0.2) is 25.0 Å². The molecule has 2 nitrogen and oxygen atoms in total. The number of nitrogens with zero attached hydrogens (tertiary/aromatic N) is 1. The summed E-state index contributed by atoms with van der Waals surface area (Å²) in [4.78, 5) is 2.47. The minimum Gasteiger partial charge on any atom is -0.324 e. The first-order valence-corrected chi connectivity index (χ1v) is 7.25. The second-order valence-corrected chi connectivity index (χ2v) is 5.72. The third-order valence-electron chi connectivity index (χ3n) is 4.08. The van der Waals surface area contributed by atoms with Crippen LogP contribution in [0.5, 0.6) is 0 Å². The molecule has 2 heteroatoms. The summed E-state index contributed by atoms with van der Waals surface area (Å²) >= 11 is 0. The van der Waals surface area contributed by atoms with Crippen molar-refractivity contribution in [1.82, 2.24) is 4.90 Å². The molecule has 0 heterocycles. The summed E-state index contributed by atoms with van der Waals surface area (Å²) < 4.78 is 0. The molecule has 1 aromatic carbocycles. The van der Waals surface area contributed by atoms with Crippen molar-refractivity contribution in [3.05, 3.63) is 35.9 Å². The van der Waals surface area contributed by atoms with Gasteiger partial charge in [0.25, 0.3) is 0 Å². The van der Waals surface area contributed by atoms with Crippen LogP contribution >= 0.6 is 0 Å². The summed E-state index contributed by atoms with van der Waals surface area (Å²) in [6.45, 7) is 2.46. The zero-order chi connectivity index (χ0) is 12.8. The van der Waals surface area contributed by atoms with Gasteiger partial charge >= 0.3 is 0 Å². The van der Waals surface area contributed by atoms with E-state index >= 15 is 0 Å². The molecule has 0 spiro atoms. The van der Waals surface area contributed by atoms with Gasteiger partial charge in [-0.2, -0.15) is 0 Å². The molecule has 2 N–H and O–H groups in total. The van der Waals surface area contributed by atoms with Crippen molar-refractivity contribution in [1.29, 1.82) is 0 Å². The van der Waals surface area contributed by atoms with Gasteiger partial charge in [0.1, 0.15) is 0 Å². The summed E-state index contributed by atoms with van der Waals surface area (Å²) in [5.41, 5.74) is 7.46. The maximum atomic E-state index is 6.20. The maximum absolute atomic E-state index is 6.20. The molecule has 2 rings (SSSR count). The molecule has 0 amide bonds. The van der Waals surface area contributed by atoms with Crippen molar-refractivity contribution in [3.63, 3.8) is 0 Å². The first-order chi connectivity index (χ1) is 8.75. The molecule has 1 saturated carbocycles. The molecule has 0 radical (unpaired) electrons. The molecule has 1 unspecified atom stereocenters. The van der Waals surface area contributed by atoms with Gasteiger partial charge in [-0.05, 0) is 50.8 Å². The minimum absolute atomic E-state index is 0.198. The van der Waals surface area contributed by atoms with E-state index in [0.29, 0.717) is 0 Å². The molecule has 1 aromatic rings. The number of rotatable bonds is 7. The Morgan fingerprint density at radius 3 is 2.61 bits per heavy atom. The highest BCUT2D eigenvalue weighted by molar-refractivity contribution is 5.18. The summed E-state index contributed by atoms with van der Waals surface area (Å²) in [6.07, 6.45) is 6.59. The second-order valence-electron chi connectivity index (χ2n) is 5.72. The van der Waals surface area contributed by atoms with Crippen molar-refractivity contribution in [2.45, 2.75) is 38.1 Å². The molecule has 0 saturated heterocycles. The van der Waals surface area contributed by atoms with E-state index < -0.39 is 0 Å². The lowest BCUT2D eigenvalue weighted by Gasteiger charge is -2.30. The fourth-order valence-corrected chi connectivity index (χ4v) is 2.66. The first kappa shape index (κ1) is 13.6. The number of hydrogen-bond donors (Lipinski definition) is 1. The van der Waals surface area contributed by atoms with E-state index in [9.17, 15) is 0 Å². The maximum Gasteiger partial charge on any atom is 0.0295 e. The Hall–Kier alpha value is -0.860. The van der Waals surface area contributed by atoms with Gasteiger partial charge in [-0.1, -0.05) is 36.8 Å². The molecule has 1 atom stereocenters. The number of hydrogen-bond acceptors (Lipinski definition) is 2. The van der Waals surface area contributed by atoms with Crippen LogP contribution in [0.15, 0.2) is 30.3 Å². The minimum atomic E-state index is 0.198. The van der Waals surface area contributed by atoms with Crippen LogP contribution in [0.3, 0.4) is 0 Å². The van der Waals surface area contributed by atoms with Crippen LogP contribution in [0, 0.1) is 5.92 Å². The lowest BCUT2D eigenvalue weighted by Crippen LogP contribution is -2.30. The third kappa shape index (κ3) is 4.11. The van der Waals surface area contributed by atoms with Crippen molar-refractivity contribution >= 4 is 0 Å². The Morgan fingerprint density at radius 1 is 1.28 bits per heavy atom. The molecule has 1 aliphatic rings.